The van der Waals surface area contributed by atoms with Crippen molar-refractivity contribution in [2.75, 3.05) is 20.8 Å². The number of sulfone groups is 1. The zero-order valence-corrected chi connectivity index (χ0v) is 19.3. The van der Waals surface area contributed by atoms with E-state index in [2.05, 4.69) is 0 Å². The normalized spacial score (nSPS) is 19.1. The Bertz CT molecular complexity index is 1170. The molecule has 1 saturated heterocycles. The highest BCUT2D eigenvalue weighted by molar-refractivity contribution is 7.92. The molecule has 0 bridgehead atoms. The Balaban J connectivity index is 1.59. The molecule has 3 aromatic carbocycles. The highest BCUT2D eigenvalue weighted by Crippen LogP contribution is 2.39. The summed E-state index contributed by atoms with van der Waals surface area (Å²) >= 11 is 5.93. The predicted octanol–water partition coefficient (Wildman–Crippen LogP) is 4.69. The van der Waals surface area contributed by atoms with E-state index in [1.165, 1.54) is 0 Å². The molecule has 2 atom stereocenters. The summed E-state index contributed by atoms with van der Waals surface area (Å²) in [5.41, 5.74) is 1.74. The van der Waals surface area contributed by atoms with Gasteiger partial charge >= 0.3 is 0 Å². The average molecular weight is 474 g/mol. The fourth-order valence-corrected chi connectivity index (χ4v) is 5.71. The van der Waals surface area contributed by atoms with E-state index in [0.29, 0.717) is 23.1 Å². The molecule has 1 heterocycles. The third-order valence-electron chi connectivity index (χ3n) is 5.49. The van der Waals surface area contributed by atoms with Crippen LogP contribution in [-0.2, 0) is 21.3 Å². The van der Waals surface area contributed by atoms with Gasteiger partial charge in [-0.3, -0.25) is 4.84 Å². The molecule has 1 aliphatic heterocycles. The summed E-state index contributed by atoms with van der Waals surface area (Å²) in [6, 6.07) is 20.8. The second-order valence-electron chi connectivity index (χ2n) is 7.51. The van der Waals surface area contributed by atoms with Crippen molar-refractivity contribution in [1.82, 2.24) is 5.06 Å². The molecule has 3 aromatic rings. The molecule has 6 nitrogen and oxygen atoms in total. The predicted molar refractivity (Wildman–Crippen MR) is 123 cm³/mol. The van der Waals surface area contributed by atoms with E-state index >= 15 is 0 Å². The van der Waals surface area contributed by atoms with Crippen LogP contribution in [0, 0.1) is 0 Å². The lowest BCUT2D eigenvalue weighted by molar-refractivity contribution is -0.110. The third-order valence-corrected chi connectivity index (χ3v) is 7.87. The van der Waals surface area contributed by atoms with Crippen LogP contribution in [0.3, 0.4) is 0 Å². The zero-order valence-electron chi connectivity index (χ0n) is 17.8. The van der Waals surface area contributed by atoms with Crippen LogP contribution in [0.1, 0.15) is 17.2 Å². The summed E-state index contributed by atoms with van der Waals surface area (Å²) in [7, 11) is -0.302. The van der Waals surface area contributed by atoms with Gasteiger partial charge in [0.25, 0.3) is 0 Å². The van der Waals surface area contributed by atoms with Gasteiger partial charge in [-0.25, -0.2) is 8.42 Å². The van der Waals surface area contributed by atoms with Gasteiger partial charge in [-0.2, -0.15) is 5.06 Å². The maximum Gasteiger partial charge on any atom is 0.185 e. The summed E-state index contributed by atoms with van der Waals surface area (Å²) in [4.78, 5) is 5.91. The zero-order chi connectivity index (χ0) is 22.7. The fourth-order valence-electron chi connectivity index (χ4n) is 3.79. The van der Waals surface area contributed by atoms with Gasteiger partial charge in [0.2, 0.25) is 0 Å². The van der Waals surface area contributed by atoms with Crippen LogP contribution in [0.2, 0.25) is 5.02 Å². The number of halogens is 1. The smallest absolute Gasteiger partial charge is 0.185 e. The SMILES string of the molecule is COc1cc([C@@H]2[C@H](S(=O)(=O)c3ccccc3)CON2C)ccc1OCc1ccc(Cl)cc1. The van der Waals surface area contributed by atoms with E-state index in [9.17, 15) is 8.42 Å². The van der Waals surface area contributed by atoms with E-state index in [4.69, 9.17) is 25.9 Å². The number of methoxy groups -OCH3 is 1. The third kappa shape index (κ3) is 4.61. The number of hydrogen-bond donors (Lipinski definition) is 0. The van der Waals surface area contributed by atoms with Gasteiger partial charge in [-0.05, 0) is 47.5 Å². The average Bonchev–Trinajstić information content (AvgIpc) is 3.21. The number of ether oxygens (including phenoxy) is 2. The van der Waals surface area contributed by atoms with E-state index in [1.807, 2.05) is 30.3 Å². The molecule has 0 saturated carbocycles. The van der Waals surface area contributed by atoms with E-state index in [-0.39, 0.29) is 11.5 Å². The van der Waals surface area contributed by atoms with E-state index in [1.54, 1.807) is 61.7 Å². The minimum absolute atomic E-state index is 0.0789. The Morgan fingerprint density at radius 3 is 2.44 bits per heavy atom. The lowest BCUT2D eigenvalue weighted by Crippen LogP contribution is -2.31. The number of benzene rings is 3. The Kier molecular flexibility index (Phi) is 6.71. The number of hydrogen-bond acceptors (Lipinski definition) is 6. The van der Waals surface area contributed by atoms with Crippen LogP contribution in [-0.4, -0.2) is 39.5 Å². The van der Waals surface area contributed by atoms with Crippen molar-refractivity contribution in [3.63, 3.8) is 0 Å². The fraction of sp³-hybridized carbons (Fsp3) is 0.250. The van der Waals surface area contributed by atoms with Crippen molar-refractivity contribution in [1.29, 1.82) is 0 Å². The molecule has 4 rings (SSSR count). The Hall–Kier alpha value is -2.58. The molecule has 0 aliphatic carbocycles. The van der Waals surface area contributed by atoms with Gasteiger partial charge in [-0.15, -0.1) is 0 Å². The second-order valence-corrected chi connectivity index (χ2v) is 10.1. The number of nitrogens with zero attached hydrogens (tertiary/aromatic N) is 1. The molecular formula is C24H24ClNO5S. The lowest BCUT2D eigenvalue weighted by atomic mass is 10.0. The van der Waals surface area contributed by atoms with Gasteiger partial charge < -0.3 is 9.47 Å². The first-order valence-electron chi connectivity index (χ1n) is 10.1. The first kappa shape index (κ1) is 22.6. The van der Waals surface area contributed by atoms with E-state index < -0.39 is 21.1 Å². The van der Waals surface area contributed by atoms with Crippen LogP contribution in [0.4, 0.5) is 0 Å². The molecule has 0 amide bonds. The summed E-state index contributed by atoms with van der Waals surface area (Å²) < 4.78 is 38.1. The Labute approximate surface area is 193 Å². The molecule has 0 aromatic heterocycles. The van der Waals surface area contributed by atoms with Gasteiger partial charge in [0.15, 0.2) is 21.3 Å². The van der Waals surface area contributed by atoms with Crippen molar-refractivity contribution in [3.05, 3.63) is 88.9 Å². The van der Waals surface area contributed by atoms with Crippen molar-refractivity contribution in [2.24, 2.45) is 0 Å². The molecule has 8 heteroatoms. The van der Waals surface area contributed by atoms with Crippen molar-refractivity contribution in [2.45, 2.75) is 22.8 Å². The molecule has 32 heavy (non-hydrogen) atoms. The van der Waals surface area contributed by atoms with Crippen molar-refractivity contribution < 1.29 is 22.7 Å². The van der Waals surface area contributed by atoms with E-state index in [0.717, 1.165) is 11.1 Å². The number of hydroxylamine groups is 2. The van der Waals surface area contributed by atoms with Gasteiger partial charge in [0, 0.05) is 12.1 Å². The topological polar surface area (TPSA) is 65.1 Å². The summed E-state index contributed by atoms with van der Waals surface area (Å²) in [6.45, 7) is 0.430. The highest BCUT2D eigenvalue weighted by Gasteiger charge is 2.44. The summed E-state index contributed by atoms with van der Waals surface area (Å²) in [5, 5.41) is 1.51. The van der Waals surface area contributed by atoms with Crippen LogP contribution in [0.5, 0.6) is 11.5 Å². The summed E-state index contributed by atoms with van der Waals surface area (Å²) in [6.07, 6.45) is 0. The first-order valence-corrected chi connectivity index (χ1v) is 12.0. The maximum atomic E-state index is 13.3. The molecular weight excluding hydrogens is 450 g/mol. The molecule has 1 aliphatic rings. The highest BCUT2D eigenvalue weighted by atomic mass is 35.5. The molecule has 168 valence electrons. The quantitative estimate of drug-likeness (QED) is 0.496. The monoisotopic (exact) mass is 473 g/mol. The Morgan fingerprint density at radius 1 is 1.03 bits per heavy atom. The van der Waals surface area contributed by atoms with Crippen LogP contribution in [0.25, 0.3) is 0 Å². The first-order chi connectivity index (χ1) is 15.4. The molecule has 0 unspecified atom stereocenters. The molecule has 0 spiro atoms. The van der Waals surface area contributed by atoms with Crippen LogP contribution >= 0.6 is 11.6 Å². The van der Waals surface area contributed by atoms with Gasteiger partial charge in [-0.1, -0.05) is 48.0 Å². The molecule has 0 N–H and O–H groups in total. The molecule has 0 radical (unpaired) electrons. The summed E-state index contributed by atoms with van der Waals surface area (Å²) in [5.74, 6) is 1.09. The maximum absolute atomic E-state index is 13.3. The lowest BCUT2D eigenvalue weighted by Gasteiger charge is -2.24. The van der Waals surface area contributed by atoms with Crippen LogP contribution in [0.15, 0.2) is 77.7 Å². The van der Waals surface area contributed by atoms with Crippen molar-refractivity contribution in [3.8, 4) is 11.5 Å². The van der Waals surface area contributed by atoms with Gasteiger partial charge in [0.1, 0.15) is 11.9 Å². The molecule has 1 fully saturated rings. The largest absolute Gasteiger partial charge is 0.493 e. The minimum atomic E-state index is -3.60. The standard InChI is InChI=1S/C24H24ClNO5S/c1-26-24(23(16-31-26)32(27,28)20-6-4-3-5-7-20)18-10-13-21(22(14-18)29-2)30-15-17-8-11-19(25)12-9-17/h3-14,23-24H,15-16H2,1-2H3/t23-,24-/m1/s1. The Morgan fingerprint density at radius 2 is 1.75 bits per heavy atom. The van der Waals surface area contributed by atoms with Gasteiger partial charge in [0.05, 0.1) is 24.7 Å². The number of rotatable bonds is 7. The van der Waals surface area contributed by atoms with Crippen LogP contribution < -0.4 is 9.47 Å². The minimum Gasteiger partial charge on any atom is -0.493 e. The van der Waals surface area contributed by atoms with Crippen molar-refractivity contribution >= 4 is 21.4 Å². The second kappa shape index (κ2) is 9.50.